The quantitative estimate of drug-likeness (QED) is 0.311. The van der Waals surface area contributed by atoms with Gasteiger partial charge in [0.25, 0.3) is 0 Å². The van der Waals surface area contributed by atoms with Crippen LogP contribution < -0.4 is 0 Å². The minimum Gasteiger partial charge on any atom is -0.774 e. The molecule has 0 N–H and O–H groups in total. The fourth-order valence-electron chi connectivity index (χ4n) is 1.43. The van der Waals surface area contributed by atoms with Gasteiger partial charge < -0.3 is 34.7 Å². The van der Waals surface area contributed by atoms with E-state index in [1.165, 1.54) is 38.5 Å². The van der Waals surface area contributed by atoms with Gasteiger partial charge in [0.2, 0.25) is 0 Å². The van der Waals surface area contributed by atoms with E-state index >= 15 is 0 Å². The Hall–Kier alpha value is -0.257. The molecule has 1 aliphatic rings. The van der Waals surface area contributed by atoms with Gasteiger partial charge in [0.05, 0.1) is 14.2 Å². The normalized spacial score (nSPS) is 14.8. The van der Waals surface area contributed by atoms with Crippen molar-refractivity contribution in [3.63, 3.8) is 0 Å². The number of rotatable bonds is 2. The second kappa shape index (κ2) is 12.8. The van der Waals surface area contributed by atoms with E-state index in [2.05, 4.69) is 34.7 Å². The molecule has 1 saturated carbocycles. The van der Waals surface area contributed by atoms with E-state index in [4.69, 9.17) is 0 Å². The van der Waals surface area contributed by atoms with Gasteiger partial charge in [-0.1, -0.05) is 38.5 Å². The molecule has 0 aromatic rings. The van der Waals surface area contributed by atoms with Gasteiger partial charge in [-0.25, -0.2) is 9.59 Å². The molecule has 0 unspecified atom stereocenters. The summed E-state index contributed by atoms with van der Waals surface area (Å²) in [5.74, 6) is -1.61. The van der Waals surface area contributed by atoms with Crippen molar-refractivity contribution >= 4 is 37.2 Å². The number of esters is 2. The molecule has 0 spiro atoms. The zero-order chi connectivity index (χ0) is 14.0. The summed E-state index contributed by atoms with van der Waals surface area (Å²) in [5, 5.41) is 0. The van der Waals surface area contributed by atoms with Crippen LogP contribution in [0.25, 0.3) is 0 Å². The van der Waals surface area contributed by atoms with Crippen LogP contribution in [0.4, 0.5) is 0 Å². The Labute approximate surface area is 138 Å². The summed E-state index contributed by atoms with van der Waals surface area (Å²) in [6, 6.07) is 0. The van der Waals surface area contributed by atoms with Crippen LogP contribution >= 0.6 is 0 Å². The molecular formula is C12H18O4RuS2. The molecule has 0 atom stereocenters. The van der Waals surface area contributed by atoms with Crippen LogP contribution in [0, 0.1) is 0 Å². The van der Waals surface area contributed by atoms with Crippen LogP contribution in [0.3, 0.4) is 0 Å². The first kappa shape index (κ1) is 21.0. The second-order valence-electron chi connectivity index (χ2n) is 3.76. The number of carbonyl (C=O) groups excluding carboxylic acids is 2. The monoisotopic (exact) mass is 392 g/mol. The maximum Gasteiger partial charge on any atom is 2.00 e. The molecule has 0 radical (unpaired) electrons. The number of methoxy groups -OCH3 is 2. The van der Waals surface area contributed by atoms with Crippen LogP contribution in [0.2, 0.25) is 0 Å². The fourth-order valence-corrected chi connectivity index (χ4v) is 1.76. The van der Waals surface area contributed by atoms with E-state index in [9.17, 15) is 9.59 Å². The Bertz CT molecular complexity index is 279. The standard InChI is InChI=1S/C6H8O4S2.C6H12.Ru/c1-9-5(7)3(11)4(12)6(8)10-2;1-2-4-6-5-3-1;/h11-12H,1-2H3;1-6H2;/q;;+2/p-2/b4-3-;;. The van der Waals surface area contributed by atoms with Gasteiger partial charge in [-0.15, -0.1) is 9.81 Å². The minimum absolute atomic E-state index is 0. The zero-order valence-electron chi connectivity index (χ0n) is 11.0. The minimum atomic E-state index is -0.805. The molecule has 1 rings (SSSR count). The predicted molar refractivity (Wildman–Crippen MR) is 73.5 cm³/mol. The smallest absolute Gasteiger partial charge is 0.774 e. The van der Waals surface area contributed by atoms with Crippen molar-refractivity contribution in [2.45, 2.75) is 38.5 Å². The van der Waals surface area contributed by atoms with E-state index in [-0.39, 0.29) is 29.3 Å². The maximum atomic E-state index is 10.7. The summed E-state index contributed by atoms with van der Waals surface area (Å²) in [6.45, 7) is 0. The molecule has 0 aromatic heterocycles. The van der Waals surface area contributed by atoms with Gasteiger partial charge in [0, 0.05) is 0 Å². The molecule has 7 heteroatoms. The summed E-state index contributed by atoms with van der Waals surface area (Å²) in [7, 11) is 2.29. The first-order valence-corrected chi connectivity index (χ1v) is 6.61. The van der Waals surface area contributed by atoms with Gasteiger partial charge in [-0.05, 0) is 0 Å². The van der Waals surface area contributed by atoms with Crippen LogP contribution in [0.15, 0.2) is 9.81 Å². The van der Waals surface area contributed by atoms with Crippen molar-refractivity contribution in [3.05, 3.63) is 9.81 Å². The number of hydrogen-bond acceptors (Lipinski definition) is 6. The summed E-state index contributed by atoms with van der Waals surface area (Å²) in [6.07, 6.45) is 9.00. The summed E-state index contributed by atoms with van der Waals surface area (Å²) >= 11 is 9.05. The van der Waals surface area contributed by atoms with Crippen LogP contribution in [-0.4, -0.2) is 26.2 Å². The number of hydrogen-bond donors (Lipinski definition) is 0. The van der Waals surface area contributed by atoms with E-state index in [1.54, 1.807) is 0 Å². The van der Waals surface area contributed by atoms with Crippen LogP contribution in [0.1, 0.15) is 38.5 Å². The maximum absolute atomic E-state index is 10.7. The van der Waals surface area contributed by atoms with E-state index in [0.29, 0.717) is 0 Å². The number of ether oxygens (including phenoxy) is 2. The third-order valence-electron chi connectivity index (χ3n) is 2.45. The first-order chi connectivity index (χ1) is 8.54. The average molecular weight is 391 g/mol. The van der Waals surface area contributed by atoms with Crippen molar-refractivity contribution in [2.75, 3.05) is 14.2 Å². The average Bonchev–Trinajstić information content (AvgIpc) is 2.46. The van der Waals surface area contributed by atoms with Gasteiger partial charge in [0.15, 0.2) is 0 Å². The molecule has 1 aliphatic carbocycles. The topological polar surface area (TPSA) is 52.6 Å². The zero-order valence-corrected chi connectivity index (χ0v) is 14.4. The summed E-state index contributed by atoms with van der Waals surface area (Å²) in [4.78, 5) is 20.8. The molecule has 0 amide bonds. The molecule has 110 valence electrons. The third kappa shape index (κ3) is 9.30. The van der Waals surface area contributed by atoms with E-state index in [0.717, 1.165) is 14.2 Å². The van der Waals surface area contributed by atoms with Gasteiger partial charge in [-0.3, -0.25) is 0 Å². The molecule has 0 saturated heterocycles. The molecule has 0 aromatic carbocycles. The van der Waals surface area contributed by atoms with Gasteiger partial charge >= 0.3 is 31.4 Å². The Morgan fingerprint density at radius 3 is 1.11 bits per heavy atom. The summed E-state index contributed by atoms with van der Waals surface area (Å²) in [5.41, 5.74) is 0. The molecule has 0 aliphatic heterocycles. The van der Waals surface area contributed by atoms with Crippen molar-refractivity contribution in [1.82, 2.24) is 0 Å². The third-order valence-corrected chi connectivity index (χ3v) is 3.32. The Balaban J connectivity index is 0. The molecule has 19 heavy (non-hydrogen) atoms. The Kier molecular flexibility index (Phi) is 14.1. The largest absolute Gasteiger partial charge is 2.00 e. The van der Waals surface area contributed by atoms with Crippen molar-refractivity contribution in [2.24, 2.45) is 0 Å². The van der Waals surface area contributed by atoms with Gasteiger partial charge in [-0.2, -0.15) is 0 Å². The van der Waals surface area contributed by atoms with Crippen LogP contribution in [-0.2, 0) is 63.8 Å². The fraction of sp³-hybridized carbons (Fsp3) is 0.667. The molecule has 0 heterocycles. The Morgan fingerprint density at radius 2 is 0.947 bits per heavy atom. The van der Waals surface area contributed by atoms with Crippen LogP contribution in [0.5, 0.6) is 0 Å². The van der Waals surface area contributed by atoms with Crippen molar-refractivity contribution in [3.8, 4) is 0 Å². The SMILES string of the molecule is C1CCCCC1.COC(=O)/C([S-])=C(/[S-])C(=O)OC.[Ru+2]. The molecule has 4 nitrogen and oxygen atoms in total. The molecule has 1 fully saturated rings. The van der Waals surface area contributed by atoms with Crippen molar-refractivity contribution < 1.29 is 38.5 Å². The van der Waals surface area contributed by atoms with E-state index < -0.39 is 11.9 Å². The number of carbonyl (C=O) groups is 2. The van der Waals surface area contributed by atoms with Gasteiger partial charge in [0.1, 0.15) is 0 Å². The Morgan fingerprint density at radius 1 is 0.737 bits per heavy atom. The first-order valence-electron chi connectivity index (χ1n) is 5.79. The van der Waals surface area contributed by atoms with E-state index in [1.807, 2.05) is 0 Å². The molecule has 0 bridgehead atoms. The predicted octanol–water partition coefficient (Wildman–Crippen LogP) is 1.98. The van der Waals surface area contributed by atoms with Crippen molar-refractivity contribution in [1.29, 1.82) is 0 Å². The molecular weight excluding hydrogens is 373 g/mol. The summed E-state index contributed by atoms with van der Waals surface area (Å²) < 4.78 is 8.50. The second-order valence-corrected chi connectivity index (χ2v) is 4.58.